The van der Waals surface area contributed by atoms with Gasteiger partial charge in [0.2, 0.25) is 0 Å². The summed E-state index contributed by atoms with van der Waals surface area (Å²) in [5.41, 5.74) is 1.36. The Labute approximate surface area is 123 Å². The van der Waals surface area contributed by atoms with Crippen LogP contribution in [-0.4, -0.2) is 37.6 Å². The Morgan fingerprint density at radius 1 is 1.15 bits per heavy atom. The van der Waals surface area contributed by atoms with Crippen molar-refractivity contribution in [3.05, 3.63) is 24.0 Å². The third-order valence-corrected chi connectivity index (χ3v) is 4.41. The van der Waals surface area contributed by atoms with E-state index in [1.165, 1.54) is 50.6 Å². The van der Waals surface area contributed by atoms with E-state index < -0.39 is 0 Å². The molecule has 1 fully saturated rings. The zero-order chi connectivity index (χ0) is 14.4. The van der Waals surface area contributed by atoms with Gasteiger partial charge in [-0.2, -0.15) is 0 Å². The summed E-state index contributed by atoms with van der Waals surface area (Å²) in [5.74, 6) is 2.24. The lowest BCUT2D eigenvalue weighted by Crippen LogP contribution is -2.27. The predicted octanol–water partition coefficient (Wildman–Crippen LogP) is 3.71. The van der Waals surface area contributed by atoms with E-state index in [4.69, 9.17) is 4.74 Å². The van der Waals surface area contributed by atoms with Crippen LogP contribution in [0.15, 0.2) is 18.5 Å². The standard InChI is InChI=1S/C17H28N2O/c1-19(2)13-14-8-6-4-5-7-9-17(14)15-10-16(20-3)12-18-11-15/h10-12,14,17H,4-9,13H2,1-3H3. The van der Waals surface area contributed by atoms with Crippen LogP contribution >= 0.6 is 0 Å². The first-order valence-electron chi connectivity index (χ1n) is 7.84. The molecule has 0 bridgehead atoms. The second kappa shape index (κ2) is 7.63. The van der Waals surface area contributed by atoms with E-state index in [1.54, 1.807) is 13.3 Å². The lowest BCUT2D eigenvalue weighted by molar-refractivity contribution is 0.248. The highest BCUT2D eigenvalue weighted by atomic mass is 16.5. The van der Waals surface area contributed by atoms with E-state index in [1.807, 2.05) is 6.20 Å². The van der Waals surface area contributed by atoms with Gasteiger partial charge in [0.15, 0.2) is 0 Å². The van der Waals surface area contributed by atoms with Crippen molar-refractivity contribution in [3.8, 4) is 5.75 Å². The smallest absolute Gasteiger partial charge is 0.137 e. The molecular weight excluding hydrogens is 248 g/mol. The summed E-state index contributed by atoms with van der Waals surface area (Å²) in [6.45, 7) is 1.17. The average Bonchev–Trinajstić information content (AvgIpc) is 2.42. The van der Waals surface area contributed by atoms with Gasteiger partial charge in [0.05, 0.1) is 13.3 Å². The van der Waals surface area contributed by atoms with Gasteiger partial charge in [0.25, 0.3) is 0 Å². The van der Waals surface area contributed by atoms with Crippen LogP contribution in [0.5, 0.6) is 5.75 Å². The van der Waals surface area contributed by atoms with Crippen LogP contribution < -0.4 is 4.74 Å². The highest BCUT2D eigenvalue weighted by Crippen LogP contribution is 2.36. The molecule has 0 spiro atoms. The van der Waals surface area contributed by atoms with Crippen LogP contribution in [-0.2, 0) is 0 Å². The molecule has 0 aliphatic heterocycles. The van der Waals surface area contributed by atoms with Crippen molar-refractivity contribution in [3.63, 3.8) is 0 Å². The number of rotatable bonds is 4. The van der Waals surface area contributed by atoms with Gasteiger partial charge in [-0.15, -0.1) is 0 Å². The topological polar surface area (TPSA) is 25.4 Å². The molecule has 1 heterocycles. The summed E-state index contributed by atoms with van der Waals surface area (Å²) >= 11 is 0. The molecule has 20 heavy (non-hydrogen) atoms. The Hall–Kier alpha value is -1.09. The molecule has 1 saturated carbocycles. The van der Waals surface area contributed by atoms with Crippen molar-refractivity contribution in [2.24, 2.45) is 5.92 Å². The molecule has 0 amide bonds. The summed E-state index contributed by atoms with van der Waals surface area (Å²) in [5, 5.41) is 0. The number of ether oxygens (including phenoxy) is 1. The maximum Gasteiger partial charge on any atom is 0.137 e. The molecule has 0 saturated heterocycles. The summed E-state index contributed by atoms with van der Waals surface area (Å²) in [4.78, 5) is 6.69. The van der Waals surface area contributed by atoms with E-state index in [0.717, 1.165) is 11.7 Å². The summed E-state index contributed by atoms with van der Waals surface area (Å²) < 4.78 is 5.35. The number of hydrogen-bond donors (Lipinski definition) is 0. The number of methoxy groups -OCH3 is 1. The van der Waals surface area contributed by atoms with E-state index in [9.17, 15) is 0 Å². The van der Waals surface area contributed by atoms with E-state index in [2.05, 4.69) is 30.0 Å². The van der Waals surface area contributed by atoms with Gasteiger partial charge in [0.1, 0.15) is 5.75 Å². The molecule has 0 N–H and O–H groups in total. The molecule has 2 atom stereocenters. The van der Waals surface area contributed by atoms with Gasteiger partial charge in [-0.3, -0.25) is 4.98 Å². The molecule has 1 aromatic heterocycles. The molecular formula is C17H28N2O. The lowest BCUT2D eigenvalue weighted by Gasteiger charge is -2.31. The van der Waals surface area contributed by atoms with Crippen LogP contribution in [0.1, 0.15) is 50.0 Å². The maximum absolute atomic E-state index is 5.35. The van der Waals surface area contributed by atoms with Crippen molar-refractivity contribution < 1.29 is 4.74 Å². The zero-order valence-corrected chi connectivity index (χ0v) is 13.1. The number of aromatic nitrogens is 1. The van der Waals surface area contributed by atoms with E-state index >= 15 is 0 Å². The second-order valence-corrected chi connectivity index (χ2v) is 6.28. The summed E-state index contributed by atoms with van der Waals surface area (Å²) in [6, 6.07) is 2.18. The molecule has 2 unspecified atom stereocenters. The lowest BCUT2D eigenvalue weighted by atomic mass is 9.78. The van der Waals surface area contributed by atoms with Crippen LogP contribution in [0, 0.1) is 5.92 Å². The van der Waals surface area contributed by atoms with Crippen molar-refractivity contribution >= 4 is 0 Å². The molecule has 0 aromatic carbocycles. The first kappa shape index (κ1) is 15.3. The molecule has 3 heteroatoms. The minimum absolute atomic E-state index is 0.625. The number of nitrogens with zero attached hydrogens (tertiary/aromatic N) is 2. The Morgan fingerprint density at radius 3 is 2.60 bits per heavy atom. The summed E-state index contributed by atoms with van der Waals surface area (Å²) in [6.07, 6.45) is 11.9. The van der Waals surface area contributed by atoms with E-state index in [-0.39, 0.29) is 0 Å². The SMILES string of the molecule is COc1cncc(C2CCCCCCC2CN(C)C)c1. The van der Waals surface area contributed by atoms with Gasteiger partial charge in [-0.1, -0.05) is 25.7 Å². The van der Waals surface area contributed by atoms with Gasteiger partial charge >= 0.3 is 0 Å². The third kappa shape index (κ3) is 4.20. The van der Waals surface area contributed by atoms with E-state index in [0.29, 0.717) is 5.92 Å². The monoisotopic (exact) mass is 276 g/mol. The number of pyridine rings is 1. The van der Waals surface area contributed by atoms with Crippen molar-refractivity contribution in [2.75, 3.05) is 27.7 Å². The van der Waals surface area contributed by atoms with Crippen LogP contribution in [0.3, 0.4) is 0 Å². The first-order valence-corrected chi connectivity index (χ1v) is 7.84. The molecule has 1 aliphatic carbocycles. The quantitative estimate of drug-likeness (QED) is 0.838. The Morgan fingerprint density at radius 2 is 1.90 bits per heavy atom. The fraction of sp³-hybridized carbons (Fsp3) is 0.706. The average molecular weight is 276 g/mol. The highest BCUT2D eigenvalue weighted by molar-refractivity contribution is 5.27. The maximum atomic E-state index is 5.35. The highest BCUT2D eigenvalue weighted by Gasteiger charge is 2.25. The Bertz CT molecular complexity index is 406. The molecule has 2 rings (SSSR count). The largest absolute Gasteiger partial charge is 0.495 e. The first-order chi connectivity index (χ1) is 9.70. The van der Waals surface area contributed by atoms with Gasteiger partial charge in [0, 0.05) is 12.7 Å². The molecule has 0 radical (unpaired) electrons. The second-order valence-electron chi connectivity index (χ2n) is 6.28. The molecule has 3 nitrogen and oxygen atoms in total. The molecule has 1 aromatic rings. The Kier molecular flexibility index (Phi) is 5.84. The Balaban J connectivity index is 2.20. The number of hydrogen-bond acceptors (Lipinski definition) is 3. The minimum atomic E-state index is 0.625. The normalized spacial score (nSPS) is 24.2. The molecule has 112 valence electrons. The predicted molar refractivity (Wildman–Crippen MR) is 83.3 cm³/mol. The van der Waals surface area contributed by atoms with Crippen LogP contribution in [0.4, 0.5) is 0 Å². The van der Waals surface area contributed by atoms with Crippen molar-refractivity contribution in [1.82, 2.24) is 9.88 Å². The van der Waals surface area contributed by atoms with Gasteiger partial charge in [-0.05, 0) is 50.4 Å². The summed E-state index contributed by atoms with van der Waals surface area (Å²) in [7, 11) is 6.08. The zero-order valence-electron chi connectivity index (χ0n) is 13.1. The van der Waals surface area contributed by atoms with Crippen LogP contribution in [0.2, 0.25) is 0 Å². The fourth-order valence-electron chi connectivity index (χ4n) is 3.44. The van der Waals surface area contributed by atoms with Gasteiger partial charge in [-0.25, -0.2) is 0 Å². The van der Waals surface area contributed by atoms with Crippen molar-refractivity contribution in [2.45, 2.75) is 44.4 Å². The minimum Gasteiger partial charge on any atom is -0.495 e. The molecule has 1 aliphatic rings. The van der Waals surface area contributed by atoms with Gasteiger partial charge < -0.3 is 9.64 Å². The van der Waals surface area contributed by atoms with Crippen LogP contribution in [0.25, 0.3) is 0 Å². The fourth-order valence-corrected chi connectivity index (χ4v) is 3.44. The third-order valence-electron chi connectivity index (χ3n) is 4.41. The van der Waals surface area contributed by atoms with Crippen molar-refractivity contribution in [1.29, 1.82) is 0 Å².